The Bertz CT molecular complexity index is 764. The van der Waals surface area contributed by atoms with Crippen LogP contribution in [-0.4, -0.2) is 20.8 Å². The van der Waals surface area contributed by atoms with E-state index in [1.807, 2.05) is 24.3 Å². The molecule has 0 aliphatic rings. The average molecular weight is 413 g/mol. The van der Waals surface area contributed by atoms with Gasteiger partial charge in [-0.15, -0.1) is 0 Å². The lowest BCUT2D eigenvalue weighted by Gasteiger charge is -2.08. The minimum atomic E-state index is -3.41. The molecule has 0 amide bonds. The third-order valence-corrected chi connectivity index (χ3v) is 5.37. The first-order valence-electron chi connectivity index (χ1n) is 6.13. The van der Waals surface area contributed by atoms with Crippen LogP contribution in [0.15, 0.2) is 53.4 Å². The van der Waals surface area contributed by atoms with Crippen molar-refractivity contribution in [3.05, 3.63) is 57.7 Å². The summed E-state index contributed by atoms with van der Waals surface area (Å²) < 4.78 is 30.7. The molecule has 0 spiro atoms. The van der Waals surface area contributed by atoms with Gasteiger partial charge in [-0.1, -0.05) is 12.1 Å². The van der Waals surface area contributed by atoms with E-state index in [4.69, 9.17) is 10.00 Å². The van der Waals surface area contributed by atoms with Gasteiger partial charge in [-0.05, 0) is 59.0 Å². The highest BCUT2D eigenvalue weighted by Gasteiger charge is 2.14. The Morgan fingerprint density at radius 2 is 1.76 bits per heavy atom. The van der Waals surface area contributed by atoms with Gasteiger partial charge in [-0.25, -0.2) is 8.42 Å². The topological polar surface area (TPSA) is 67.2 Å². The van der Waals surface area contributed by atoms with Crippen molar-refractivity contribution >= 4 is 32.4 Å². The summed E-state index contributed by atoms with van der Waals surface area (Å²) in [5, 5.41) is 8.70. The first kappa shape index (κ1) is 15.8. The largest absolute Gasteiger partial charge is 0.491 e. The molecule has 0 bridgehead atoms. The van der Waals surface area contributed by atoms with E-state index in [2.05, 4.69) is 22.6 Å². The fourth-order valence-corrected chi connectivity index (χ4v) is 3.31. The van der Waals surface area contributed by atoms with Crippen LogP contribution in [0.4, 0.5) is 0 Å². The van der Waals surface area contributed by atoms with Gasteiger partial charge in [0, 0.05) is 0 Å². The summed E-state index contributed by atoms with van der Waals surface area (Å²) in [5.41, 5.74) is 0.434. The molecule has 0 unspecified atom stereocenters. The van der Waals surface area contributed by atoms with Gasteiger partial charge < -0.3 is 4.74 Å². The minimum Gasteiger partial charge on any atom is -0.491 e. The predicted octanol–water partition coefficient (Wildman–Crippen LogP) is 3.02. The number of para-hydroxylation sites is 1. The molecule has 0 saturated carbocycles. The molecule has 2 aromatic carbocycles. The first-order chi connectivity index (χ1) is 10.0. The monoisotopic (exact) mass is 413 g/mol. The standard InChI is InChI=1S/C15H12INO3S/c16-14-3-1-2-4-15(14)20-9-10-21(18,19)13-7-5-12(11-17)6-8-13/h1-8H,9-10H2. The van der Waals surface area contributed by atoms with Crippen molar-refractivity contribution in [2.24, 2.45) is 0 Å². The zero-order valence-corrected chi connectivity index (χ0v) is 14.0. The number of nitriles is 1. The molecule has 0 heterocycles. The molecule has 0 radical (unpaired) electrons. The lowest BCUT2D eigenvalue weighted by molar-refractivity contribution is 0.338. The number of rotatable bonds is 5. The highest BCUT2D eigenvalue weighted by atomic mass is 127. The summed E-state index contributed by atoms with van der Waals surface area (Å²) in [5.74, 6) is 0.567. The number of ether oxygens (including phenoxy) is 1. The minimum absolute atomic E-state index is 0.0857. The second-order valence-corrected chi connectivity index (χ2v) is 7.51. The van der Waals surface area contributed by atoms with Gasteiger partial charge >= 0.3 is 0 Å². The van der Waals surface area contributed by atoms with Gasteiger partial charge in [-0.3, -0.25) is 0 Å². The molecule has 0 aliphatic carbocycles. The third kappa shape index (κ3) is 4.19. The maximum atomic E-state index is 12.1. The van der Waals surface area contributed by atoms with Crippen LogP contribution in [0.25, 0.3) is 0 Å². The molecular formula is C15H12INO3S. The summed E-state index contributed by atoms with van der Waals surface area (Å²) in [6, 6.07) is 15.3. The molecule has 6 heteroatoms. The van der Waals surface area contributed by atoms with Crippen molar-refractivity contribution in [2.75, 3.05) is 12.4 Å². The quantitative estimate of drug-likeness (QED) is 0.707. The zero-order valence-electron chi connectivity index (χ0n) is 11.0. The highest BCUT2D eigenvalue weighted by molar-refractivity contribution is 14.1. The second kappa shape index (κ2) is 6.91. The van der Waals surface area contributed by atoms with Crippen LogP contribution < -0.4 is 4.74 Å². The van der Waals surface area contributed by atoms with Gasteiger partial charge in [0.1, 0.15) is 12.4 Å². The predicted molar refractivity (Wildman–Crippen MR) is 87.9 cm³/mol. The third-order valence-electron chi connectivity index (χ3n) is 2.79. The summed E-state index contributed by atoms with van der Waals surface area (Å²) in [7, 11) is -3.41. The Morgan fingerprint density at radius 1 is 1.10 bits per heavy atom. The fraction of sp³-hybridized carbons (Fsp3) is 0.133. The maximum Gasteiger partial charge on any atom is 0.181 e. The Morgan fingerprint density at radius 3 is 2.38 bits per heavy atom. The average Bonchev–Trinajstić information content (AvgIpc) is 2.49. The lowest BCUT2D eigenvalue weighted by atomic mass is 10.2. The fourth-order valence-electron chi connectivity index (χ4n) is 1.68. The summed E-state index contributed by atoms with van der Waals surface area (Å²) in [6.45, 7) is 0.0857. The number of halogens is 1. The van der Waals surface area contributed by atoms with Crippen molar-refractivity contribution in [3.63, 3.8) is 0 Å². The number of benzene rings is 2. The lowest BCUT2D eigenvalue weighted by Crippen LogP contribution is -2.14. The van der Waals surface area contributed by atoms with Gasteiger partial charge in [0.15, 0.2) is 9.84 Å². The van der Waals surface area contributed by atoms with E-state index >= 15 is 0 Å². The molecule has 0 atom stereocenters. The Kier molecular flexibility index (Phi) is 5.20. The van der Waals surface area contributed by atoms with Crippen LogP contribution in [0.3, 0.4) is 0 Å². The van der Waals surface area contributed by atoms with Crippen LogP contribution in [0, 0.1) is 14.9 Å². The van der Waals surface area contributed by atoms with Crippen LogP contribution in [0.2, 0.25) is 0 Å². The smallest absolute Gasteiger partial charge is 0.181 e. The number of sulfone groups is 1. The first-order valence-corrected chi connectivity index (χ1v) is 8.86. The van der Waals surface area contributed by atoms with E-state index in [1.165, 1.54) is 24.3 Å². The van der Waals surface area contributed by atoms with Crippen LogP contribution in [-0.2, 0) is 9.84 Å². The Labute approximate surface area is 137 Å². The van der Waals surface area contributed by atoms with Crippen molar-refractivity contribution < 1.29 is 13.2 Å². The molecule has 2 rings (SSSR count). The van der Waals surface area contributed by atoms with E-state index in [-0.39, 0.29) is 17.3 Å². The highest BCUT2D eigenvalue weighted by Crippen LogP contribution is 2.20. The summed E-state index contributed by atoms with van der Waals surface area (Å²) in [4.78, 5) is 0.202. The van der Waals surface area contributed by atoms with E-state index in [0.717, 1.165) is 3.57 Å². The van der Waals surface area contributed by atoms with Gasteiger partial charge in [-0.2, -0.15) is 5.26 Å². The van der Waals surface area contributed by atoms with E-state index in [9.17, 15) is 8.42 Å². The second-order valence-electron chi connectivity index (χ2n) is 4.23. The molecule has 0 N–H and O–H groups in total. The number of hydrogen-bond acceptors (Lipinski definition) is 4. The van der Waals surface area contributed by atoms with Gasteiger partial charge in [0.2, 0.25) is 0 Å². The molecule has 0 aromatic heterocycles. The van der Waals surface area contributed by atoms with Crippen LogP contribution >= 0.6 is 22.6 Å². The number of hydrogen-bond donors (Lipinski definition) is 0. The van der Waals surface area contributed by atoms with E-state index < -0.39 is 9.84 Å². The van der Waals surface area contributed by atoms with Crippen molar-refractivity contribution in [1.82, 2.24) is 0 Å². The molecule has 0 aliphatic heterocycles. The van der Waals surface area contributed by atoms with Crippen molar-refractivity contribution in [2.45, 2.75) is 4.90 Å². The molecule has 2 aromatic rings. The van der Waals surface area contributed by atoms with E-state index in [0.29, 0.717) is 11.3 Å². The molecular weight excluding hydrogens is 401 g/mol. The number of nitrogens with zero attached hydrogens (tertiary/aromatic N) is 1. The summed E-state index contributed by atoms with van der Waals surface area (Å²) >= 11 is 2.14. The molecule has 108 valence electrons. The van der Waals surface area contributed by atoms with Crippen LogP contribution in [0.1, 0.15) is 5.56 Å². The van der Waals surface area contributed by atoms with E-state index in [1.54, 1.807) is 6.07 Å². The van der Waals surface area contributed by atoms with Crippen molar-refractivity contribution in [1.29, 1.82) is 5.26 Å². The summed E-state index contributed by atoms with van der Waals surface area (Å²) in [6.07, 6.45) is 0. The Balaban J connectivity index is 2.01. The molecule has 21 heavy (non-hydrogen) atoms. The molecule has 0 saturated heterocycles. The molecule has 0 fully saturated rings. The van der Waals surface area contributed by atoms with Crippen molar-refractivity contribution in [3.8, 4) is 11.8 Å². The maximum absolute atomic E-state index is 12.1. The zero-order chi connectivity index (χ0) is 15.3. The molecule has 4 nitrogen and oxygen atoms in total. The van der Waals surface area contributed by atoms with Crippen LogP contribution in [0.5, 0.6) is 5.75 Å². The Hall–Kier alpha value is -1.59. The van der Waals surface area contributed by atoms with Gasteiger partial charge in [0.05, 0.1) is 25.9 Å². The normalized spacial score (nSPS) is 10.9. The SMILES string of the molecule is N#Cc1ccc(S(=O)(=O)CCOc2ccccc2I)cc1. The van der Waals surface area contributed by atoms with Gasteiger partial charge in [0.25, 0.3) is 0 Å².